The van der Waals surface area contributed by atoms with Crippen LogP contribution in [0.3, 0.4) is 0 Å². The van der Waals surface area contributed by atoms with Gasteiger partial charge in [0.1, 0.15) is 5.75 Å². The molecule has 2 aliphatic rings. The molecule has 0 N–H and O–H groups in total. The third kappa shape index (κ3) is 5.06. The Morgan fingerprint density at radius 1 is 0.322 bits per heavy atom. The maximum Gasteiger partial charge on any atom is 0.128 e. The van der Waals surface area contributed by atoms with E-state index in [0.717, 1.165) is 33.9 Å². The van der Waals surface area contributed by atoms with Gasteiger partial charge in [0.15, 0.2) is 0 Å². The SMILES string of the molecule is COc1cc(N(c2ccccc2)c2ccc3c(c2)C2(c4ccccc4-3)c3ccccc3C(c3ccccc3)(c3ccccc3)c3ccccc32)ccc1-c1ccccc1. The summed E-state index contributed by atoms with van der Waals surface area (Å²) in [7, 11) is 1.76. The number of benzene rings is 9. The number of hydrogen-bond donors (Lipinski definition) is 0. The number of anilines is 3. The van der Waals surface area contributed by atoms with Crippen LogP contribution in [0.4, 0.5) is 17.1 Å². The molecule has 59 heavy (non-hydrogen) atoms. The van der Waals surface area contributed by atoms with Gasteiger partial charge in [0.25, 0.3) is 0 Å². The molecule has 0 bridgehead atoms. The van der Waals surface area contributed by atoms with Crippen molar-refractivity contribution in [3.8, 4) is 28.0 Å². The molecule has 0 aromatic heterocycles. The number of ether oxygens (including phenoxy) is 1. The van der Waals surface area contributed by atoms with Gasteiger partial charge in [0.2, 0.25) is 0 Å². The Bertz CT molecular complexity index is 2890. The Morgan fingerprint density at radius 3 is 1.31 bits per heavy atom. The van der Waals surface area contributed by atoms with E-state index in [2.05, 4.69) is 229 Å². The van der Waals surface area contributed by atoms with Crippen molar-refractivity contribution in [2.24, 2.45) is 0 Å². The first kappa shape index (κ1) is 34.8. The molecular weight excluding hydrogens is 715 g/mol. The van der Waals surface area contributed by atoms with Crippen molar-refractivity contribution in [2.45, 2.75) is 10.8 Å². The largest absolute Gasteiger partial charge is 0.496 e. The van der Waals surface area contributed by atoms with Crippen LogP contribution in [0.15, 0.2) is 231 Å². The minimum absolute atomic E-state index is 0.552. The van der Waals surface area contributed by atoms with Gasteiger partial charge < -0.3 is 9.64 Å². The summed E-state index contributed by atoms with van der Waals surface area (Å²) in [6, 6.07) is 84.6. The third-order valence-electron chi connectivity index (χ3n) is 12.7. The van der Waals surface area contributed by atoms with Gasteiger partial charge in [0.05, 0.1) is 17.9 Å². The van der Waals surface area contributed by atoms with E-state index >= 15 is 0 Å². The number of fused-ring (bicyclic) bond motifs is 9. The lowest BCUT2D eigenvalue weighted by atomic mass is 9.51. The lowest BCUT2D eigenvalue weighted by Gasteiger charge is -2.50. The van der Waals surface area contributed by atoms with Crippen LogP contribution in [0.1, 0.15) is 44.5 Å². The van der Waals surface area contributed by atoms with Gasteiger partial charge in [-0.2, -0.15) is 0 Å². The number of methoxy groups -OCH3 is 1. The zero-order valence-corrected chi connectivity index (χ0v) is 32.8. The Morgan fingerprint density at radius 2 is 0.746 bits per heavy atom. The molecule has 2 aliphatic carbocycles. The average molecular weight is 756 g/mol. The normalized spacial score (nSPS) is 13.8. The van der Waals surface area contributed by atoms with Gasteiger partial charge in [-0.1, -0.05) is 188 Å². The molecule has 0 amide bonds. The monoisotopic (exact) mass is 755 g/mol. The summed E-state index contributed by atoms with van der Waals surface area (Å²) >= 11 is 0. The predicted molar refractivity (Wildman–Crippen MR) is 242 cm³/mol. The van der Waals surface area contributed by atoms with Crippen LogP contribution in [-0.2, 0) is 10.8 Å². The van der Waals surface area contributed by atoms with Crippen LogP contribution in [0.25, 0.3) is 22.3 Å². The van der Waals surface area contributed by atoms with Crippen LogP contribution in [0, 0.1) is 0 Å². The molecule has 1 spiro atoms. The van der Waals surface area contributed by atoms with Crippen molar-refractivity contribution in [1.82, 2.24) is 0 Å². The molecule has 0 atom stereocenters. The highest BCUT2D eigenvalue weighted by molar-refractivity contribution is 5.92. The highest BCUT2D eigenvalue weighted by Gasteiger charge is 2.56. The first-order chi connectivity index (χ1) is 29.2. The maximum atomic E-state index is 6.11. The fourth-order valence-corrected chi connectivity index (χ4v) is 10.4. The van der Waals surface area contributed by atoms with E-state index in [4.69, 9.17) is 4.74 Å². The lowest BCUT2D eigenvalue weighted by molar-refractivity contribution is 0.416. The molecule has 11 rings (SSSR count). The molecule has 0 aliphatic heterocycles. The fraction of sp³-hybridized carbons (Fsp3) is 0.0526. The first-order valence-electron chi connectivity index (χ1n) is 20.4. The van der Waals surface area contributed by atoms with Gasteiger partial charge in [-0.15, -0.1) is 0 Å². The molecule has 2 heteroatoms. The molecule has 2 nitrogen and oxygen atoms in total. The average Bonchev–Trinajstić information content (AvgIpc) is 3.60. The van der Waals surface area contributed by atoms with E-state index < -0.39 is 10.8 Å². The molecule has 0 saturated carbocycles. The van der Waals surface area contributed by atoms with Gasteiger partial charge >= 0.3 is 0 Å². The van der Waals surface area contributed by atoms with Crippen molar-refractivity contribution in [1.29, 1.82) is 0 Å². The third-order valence-corrected chi connectivity index (χ3v) is 12.7. The second kappa shape index (κ2) is 13.9. The Kier molecular flexibility index (Phi) is 8.20. The van der Waals surface area contributed by atoms with E-state index in [9.17, 15) is 0 Å². The molecular formula is C57H41NO. The smallest absolute Gasteiger partial charge is 0.128 e. The summed E-state index contributed by atoms with van der Waals surface area (Å²) in [5.74, 6) is 0.827. The van der Waals surface area contributed by atoms with E-state index in [-0.39, 0.29) is 0 Å². The number of rotatable bonds is 7. The zero-order chi connectivity index (χ0) is 39.4. The van der Waals surface area contributed by atoms with Crippen LogP contribution in [-0.4, -0.2) is 7.11 Å². The minimum atomic E-state index is -0.598. The van der Waals surface area contributed by atoms with Crippen molar-refractivity contribution in [3.63, 3.8) is 0 Å². The van der Waals surface area contributed by atoms with Crippen molar-refractivity contribution in [3.05, 3.63) is 275 Å². The van der Waals surface area contributed by atoms with Crippen LogP contribution in [0.2, 0.25) is 0 Å². The fourth-order valence-electron chi connectivity index (χ4n) is 10.4. The quantitative estimate of drug-likeness (QED) is 0.161. The molecule has 0 heterocycles. The molecule has 0 saturated heterocycles. The Balaban J connectivity index is 1.21. The molecule has 9 aromatic rings. The summed E-state index contributed by atoms with van der Waals surface area (Å²) in [5.41, 5.74) is 17.0. The summed E-state index contributed by atoms with van der Waals surface area (Å²) in [6.45, 7) is 0. The summed E-state index contributed by atoms with van der Waals surface area (Å²) in [6.07, 6.45) is 0. The van der Waals surface area contributed by atoms with Crippen molar-refractivity contribution in [2.75, 3.05) is 12.0 Å². The molecule has 0 fully saturated rings. The second-order valence-electron chi connectivity index (χ2n) is 15.5. The van der Waals surface area contributed by atoms with Gasteiger partial charge in [0, 0.05) is 28.7 Å². The second-order valence-corrected chi connectivity index (χ2v) is 15.5. The molecule has 0 unspecified atom stereocenters. The van der Waals surface area contributed by atoms with Crippen LogP contribution < -0.4 is 9.64 Å². The zero-order valence-electron chi connectivity index (χ0n) is 32.8. The van der Waals surface area contributed by atoms with Crippen LogP contribution in [0.5, 0.6) is 5.75 Å². The van der Waals surface area contributed by atoms with Crippen molar-refractivity contribution >= 4 is 17.1 Å². The van der Waals surface area contributed by atoms with Crippen LogP contribution >= 0.6 is 0 Å². The summed E-state index contributed by atoms with van der Waals surface area (Å²) in [4.78, 5) is 2.37. The Hall–Kier alpha value is -7.42. The predicted octanol–water partition coefficient (Wildman–Crippen LogP) is 13.9. The number of nitrogens with zero attached hydrogens (tertiary/aromatic N) is 1. The van der Waals surface area contributed by atoms with E-state index in [1.54, 1.807) is 7.11 Å². The van der Waals surface area contributed by atoms with E-state index in [0.29, 0.717) is 0 Å². The van der Waals surface area contributed by atoms with Gasteiger partial charge in [-0.25, -0.2) is 0 Å². The summed E-state index contributed by atoms with van der Waals surface area (Å²) in [5, 5.41) is 0. The van der Waals surface area contributed by atoms with E-state index in [1.165, 1.54) is 55.6 Å². The molecule has 9 aromatic carbocycles. The lowest BCUT2D eigenvalue weighted by Crippen LogP contribution is -2.44. The first-order valence-corrected chi connectivity index (χ1v) is 20.4. The van der Waals surface area contributed by atoms with Gasteiger partial charge in [-0.05, 0) is 97.6 Å². The van der Waals surface area contributed by atoms with E-state index in [1.807, 2.05) is 6.07 Å². The number of hydrogen-bond acceptors (Lipinski definition) is 2. The molecule has 280 valence electrons. The topological polar surface area (TPSA) is 12.5 Å². The Labute approximate surface area is 346 Å². The maximum absolute atomic E-state index is 6.11. The highest BCUT2D eigenvalue weighted by Crippen LogP contribution is 2.65. The minimum Gasteiger partial charge on any atom is -0.496 e. The van der Waals surface area contributed by atoms with Crippen molar-refractivity contribution < 1.29 is 4.74 Å². The molecule has 0 radical (unpaired) electrons. The standard InChI is InChI=1S/C57H41NO/c1-59-55-39-45(34-36-46(55)40-20-6-2-7-21-40)58(43-26-12-5-13-27-43)44-35-37-48-47-28-14-15-29-49(47)57(54(48)38-44)52-32-18-16-30-50(52)56(41-22-8-3-9-23-41,42-24-10-4-11-25-42)51-31-17-19-33-53(51)57/h2-39H,1H3. The summed E-state index contributed by atoms with van der Waals surface area (Å²) < 4.78 is 6.11. The van der Waals surface area contributed by atoms with Gasteiger partial charge in [-0.3, -0.25) is 0 Å². The highest BCUT2D eigenvalue weighted by atomic mass is 16.5. The number of para-hydroxylation sites is 1.